The summed E-state index contributed by atoms with van der Waals surface area (Å²) in [5, 5.41) is 2.89. The first-order chi connectivity index (χ1) is 15.3. The van der Waals surface area contributed by atoms with Gasteiger partial charge in [0.2, 0.25) is 15.9 Å². The zero-order chi connectivity index (χ0) is 23.3. The van der Waals surface area contributed by atoms with E-state index in [1.807, 2.05) is 0 Å². The van der Waals surface area contributed by atoms with Gasteiger partial charge in [-0.15, -0.1) is 0 Å². The van der Waals surface area contributed by atoms with Crippen molar-refractivity contribution < 1.29 is 31.8 Å². The van der Waals surface area contributed by atoms with Crippen molar-refractivity contribution in [2.45, 2.75) is 24.3 Å². The standard InChI is InChI=1S/C22H27FN2O6S/c1-29-18-5-4-6-19(30-2)17(18)14-24-22(26)15-9-11-25(12-10-15)32(27,28)21-13-16(23)7-8-20(21)31-3/h4-8,13,15H,9-12,14H2,1-3H3,(H,24,26). The summed E-state index contributed by atoms with van der Waals surface area (Å²) < 4.78 is 56.7. The fourth-order valence-electron chi connectivity index (χ4n) is 3.77. The van der Waals surface area contributed by atoms with Gasteiger partial charge in [-0.05, 0) is 43.2 Å². The molecule has 0 spiro atoms. The number of nitrogens with zero attached hydrogens (tertiary/aromatic N) is 1. The zero-order valence-corrected chi connectivity index (χ0v) is 19.1. The van der Waals surface area contributed by atoms with E-state index < -0.39 is 15.8 Å². The van der Waals surface area contributed by atoms with E-state index in [1.54, 1.807) is 32.4 Å². The summed E-state index contributed by atoms with van der Waals surface area (Å²) in [6.45, 7) is 0.529. The minimum atomic E-state index is -3.95. The van der Waals surface area contributed by atoms with Gasteiger partial charge in [-0.3, -0.25) is 4.79 Å². The second-order valence-corrected chi connectivity index (χ2v) is 9.24. The van der Waals surface area contributed by atoms with Crippen LogP contribution in [0, 0.1) is 11.7 Å². The van der Waals surface area contributed by atoms with E-state index in [9.17, 15) is 17.6 Å². The molecule has 1 fully saturated rings. The Kier molecular flexibility index (Phi) is 7.57. The van der Waals surface area contributed by atoms with Crippen LogP contribution in [0.3, 0.4) is 0 Å². The van der Waals surface area contributed by atoms with Crippen LogP contribution in [0.4, 0.5) is 4.39 Å². The minimum absolute atomic E-state index is 0.0806. The predicted molar refractivity (Wildman–Crippen MR) is 116 cm³/mol. The quantitative estimate of drug-likeness (QED) is 0.643. The molecule has 0 bridgehead atoms. The van der Waals surface area contributed by atoms with Gasteiger partial charge in [0.05, 0.1) is 33.4 Å². The number of amides is 1. The van der Waals surface area contributed by atoms with Gasteiger partial charge in [0.25, 0.3) is 0 Å². The van der Waals surface area contributed by atoms with Crippen molar-refractivity contribution in [2.24, 2.45) is 5.92 Å². The lowest BCUT2D eigenvalue weighted by Gasteiger charge is -2.31. The highest BCUT2D eigenvalue weighted by Crippen LogP contribution is 2.31. The van der Waals surface area contributed by atoms with E-state index in [-0.39, 0.29) is 42.1 Å². The molecule has 1 saturated heterocycles. The van der Waals surface area contributed by atoms with Gasteiger partial charge < -0.3 is 19.5 Å². The molecular formula is C22H27FN2O6S. The first-order valence-corrected chi connectivity index (χ1v) is 11.6. The molecule has 1 aliphatic rings. The largest absolute Gasteiger partial charge is 0.496 e. The molecule has 0 atom stereocenters. The highest BCUT2D eigenvalue weighted by molar-refractivity contribution is 7.89. The molecule has 0 aliphatic carbocycles. The van der Waals surface area contributed by atoms with Crippen LogP contribution in [0.1, 0.15) is 18.4 Å². The third-order valence-corrected chi connectivity index (χ3v) is 7.46. The molecule has 1 aliphatic heterocycles. The predicted octanol–water partition coefficient (Wildman–Crippen LogP) is 2.57. The number of carbonyl (C=O) groups excluding carboxylic acids is 1. The summed E-state index contributed by atoms with van der Waals surface area (Å²) in [5.41, 5.74) is 0.726. The Labute approximate surface area is 187 Å². The highest BCUT2D eigenvalue weighted by atomic mass is 32.2. The first-order valence-electron chi connectivity index (χ1n) is 10.1. The number of piperidine rings is 1. The number of hydrogen-bond acceptors (Lipinski definition) is 6. The summed E-state index contributed by atoms with van der Waals surface area (Å²) >= 11 is 0. The maximum atomic E-state index is 13.7. The van der Waals surface area contributed by atoms with Gasteiger partial charge in [0.15, 0.2) is 0 Å². The lowest BCUT2D eigenvalue weighted by atomic mass is 9.97. The van der Waals surface area contributed by atoms with Gasteiger partial charge in [-0.1, -0.05) is 6.07 Å². The van der Waals surface area contributed by atoms with Gasteiger partial charge in [-0.25, -0.2) is 12.8 Å². The van der Waals surface area contributed by atoms with Crippen molar-refractivity contribution in [1.82, 2.24) is 9.62 Å². The Hall–Kier alpha value is -2.85. The molecule has 10 heteroatoms. The SMILES string of the molecule is COc1ccc(F)cc1S(=O)(=O)N1CCC(C(=O)NCc2c(OC)cccc2OC)CC1. The maximum Gasteiger partial charge on any atom is 0.246 e. The number of benzene rings is 2. The molecule has 2 aromatic rings. The molecule has 1 amide bonds. The van der Waals surface area contributed by atoms with Gasteiger partial charge >= 0.3 is 0 Å². The van der Waals surface area contributed by atoms with E-state index in [2.05, 4.69) is 5.32 Å². The van der Waals surface area contributed by atoms with Crippen molar-refractivity contribution in [3.63, 3.8) is 0 Å². The smallest absolute Gasteiger partial charge is 0.246 e. The number of hydrogen-bond donors (Lipinski definition) is 1. The van der Waals surface area contributed by atoms with Crippen LogP contribution in [0.25, 0.3) is 0 Å². The van der Waals surface area contributed by atoms with E-state index in [0.29, 0.717) is 24.3 Å². The number of methoxy groups -OCH3 is 3. The first kappa shape index (κ1) is 23.8. The van der Waals surface area contributed by atoms with Crippen LogP contribution in [0.15, 0.2) is 41.3 Å². The third-order valence-electron chi connectivity index (χ3n) is 5.54. The number of sulfonamides is 1. The second kappa shape index (κ2) is 10.2. The molecule has 0 aromatic heterocycles. The van der Waals surface area contributed by atoms with Crippen molar-refractivity contribution in [1.29, 1.82) is 0 Å². The molecule has 3 rings (SSSR count). The minimum Gasteiger partial charge on any atom is -0.496 e. The van der Waals surface area contributed by atoms with Gasteiger partial charge in [0, 0.05) is 19.0 Å². The number of carbonyl (C=O) groups is 1. The maximum absolute atomic E-state index is 13.7. The molecule has 0 unspecified atom stereocenters. The molecule has 0 saturated carbocycles. The number of halogens is 1. The van der Waals surface area contributed by atoms with Gasteiger partial charge in [0.1, 0.15) is 28.0 Å². The van der Waals surface area contributed by atoms with Crippen LogP contribution in [-0.2, 0) is 21.4 Å². The van der Waals surface area contributed by atoms with Crippen LogP contribution in [0.2, 0.25) is 0 Å². The van der Waals surface area contributed by atoms with E-state index in [4.69, 9.17) is 14.2 Å². The van der Waals surface area contributed by atoms with Crippen molar-refractivity contribution in [2.75, 3.05) is 34.4 Å². The summed E-state index contributed by atoms with van der Waals surface area (Å²) in [6.07, 6.45) is 0.706. The third kappa shape index (κ3) is 4.97. The van der Waals surface area contributed by atoms with Crippen molar-refractivity contribution in [3.05, 3.63) is 47.8 Å². The van der Waals surface area contributed by atoms with E-state index in [1.165, 1.54) is 17.5 Å². The Balaban J connectivity index is 1.64. The van der Waals surface area contributed by atoms with E-state index >= 15 is 0 Å². The lowest BCUT2D eigenvalue weighted by Crippen LogP contribution is -2.43. The summed E-state index contributed by atoms with van der Waals surface area (Å²) in [5.74, 6) is 0.126. The van der Waals surface area contributed by atoms with Crippen molar-refractivity contribution in [3.8, 4) is 17.2 Å². The van der Waals surface area contributed by atoms with Crippen molar-refractivity contribution >= 4 is 15.9 Å². The second-order valence-electron chi connectivity index (χ2n) is 7.33. The molecular weight excluding hydrogens is 439 g/mol. The molecule has 1 N–H and O–H groups in total. The molecule has 174 valence electrons. The topological polar surface area (TPSA) is 94.2 Å². The highest BCUT2D eigenvalue weighted by Gasteiger charge is 2.34. The Morgan fingerprint density at radius 2 is 1.62 bits per heavy atom. The normalized spacial score (nSPS) is 15.2. The summed E-state index contributed by atoms with van der Waals surface area (Å²) in [7, 11) is 0.478. The van der Waals surface area contributed by atoms with Gasteiger partial charge in [-0.2, -0.15) is 4.31 Å². The zero-order valence-electron chi connectivity index (χ0n) is 18.3. The fraction of sp³-hybridized carbons (Fsp3) is 0.409. The number of rotatable bonds is 8. The molecule has 0 radical (unpaired) electrons. The monoisotopic (exact) mass is 466 g/mol. The van der Waals surface area contributed by atoms with Crippen LogP contribution >= 0.6 is 0 Å². The molecule has 2 aromatic carbocycles. The number of ether oxygens (including phenoxy) is 3. The van der Waals surface area contributed by atoms with E-state index in [0.717, 1.165) is 17.7 Å². The van der Waals surface area contributed by atoms with Crippen LogP contribution in [-0.4, -0.2) is 53.0 Å². The summed E-state index contributed by atoms with van der Waals surface area (Å²) in [4.78, 5) is 12.5. The molecule has 8 nitrogen and oxygen atoms in total. The average molecular weight is 467 g/mol. The molecule has 1 heterocycles. The Morgan fingerprint density at radius 1 is 1.03 bits per heavy atom. The summed E-state index contributed by atoms with van der Waals surface area (Å²) in [6, 6.07) is 8.75. The Bertz CT molecular complexity index is 1050. The fourth-order valence-corrected chi connectivity index (χ4v) is 5.41. The average Bonchev–Trinajstić information content (AvgIpc) is 2.82. The van der Waals surface area contributed by atoms with Crippen LogP contribution < -0.4 is 19.5 Å². The Morgan fingerprint density at radius 3 is 2.19 bits per heavy atom. The molecule has 32 heavy (non-hydrogen) atoms. The lowest BCUT2D eigenvalue weighted by molar-refractivity contribution is -0.126. The number of nitrogens with one attached hydrogen (secondary N) is 1. The van der Waals surface area contributed by atoms with Crippen LogP contribution in [0.5, 0.6) is 17.2 Å².